The summed E-state index contributed by atoms with van der Waals surface area (Å²) in [6.07, 6.45) is 0. The third-order valence-electron chi connectivity index (χ3n) is 4.58. The molecular formula is C23H23FN2O. The number of hydrogen-bond acceptors (Lipinski definition) is 1. The third kappa shape index (κ3) is 4.94. The fourth-order valence-electron chi connectivity index (χ4n) is 2.91. The molecule has 0 fully saturated rings. The maximum absolute atomic E-state index is 13.1. The fraction of sp³-hybridized carbons (Fsp3) is 0.174. The van der Waals surface area contributed by atoms with Crippen molar-refractivity contribution in [3.8, 4) is 0 Å². The Morgan fingerprint density at radius 3 is 2.22 bits per heavy atom. The van der Waals surface area contributed by atoms with Crippen LogP contribution in [0.1, 0.15) is 29.7 Å². The Balaban J connectivity index is 1.84. The lowest BCUT2D eigenvalue weighted by Gasteiger charge is -2.30. The van der Waals surface area contributed by atoms with Gasteiger partial charge in [0, 0.05) is 12.2 Å². The summed E-state index contributed by atoms with van der Waals surface area (Å²) in [6.45, 7) is 4.52. The molecule has 0 bridgehead atoms. The molecule has 4 heteroatoms. The van der Waals surface area contributed by atoms with E-state index in [9.17, 15) is 9.18 Å². The summed E-state index contributed by atoms with van der Waals surface area (Å²) in [4.78, 5) is 14.8. The zero-order valence-corrected chi connectivity index (χ0v) is 15.5. The lowest BCUT2D eigenvalue weighted by molar-refractivity contribution is 0.189. The molecule has 1 N–H and O–H groups in total. The number of hydrogen-bond donors (Lipinski definition) is 1. The Morgan fingerprint density at radius 2 is 1.59 bits per heavy atom. The first kappa shape index (κ1) is 18.6. The van der Waals surface area contributed by atoms with Gasteiger partial charge in [0.2, 0.25) is 0 Å². The molecule has 0 heterocycles. The van der Waals surface area contributed by atoms with E-state index in [1.54, 1.807) is 17.0 Å². The van der Waals surface area contributed by atoms with Crippen LogP contribution in [0.3, 0.4) is 0 Å². The highest BCUT2D eigenvalue weighted by atomic mass is 19.1. The van der Waals surface area contributed by atoms with Gasteiger partial charge < -0.3 is 10.2 Å². The molecule has 0 unspecified atom stereocenters. The lowest BCUT2D eigenvalue weighted by Crippen LogP contribution is -2.36. The van der Waals surface area contributed by atoms with Crippen molar-refractivity contribution in [2.24, 2.45) is 0 Å². The molecule has 0 spiro atoms. The Hall–Kier alpha value is -3.14. The van der Waals surface area contributed by atoms with Crippen molar-refractivity contribution in [2.75, 3.05) is 5.32 Å². The van der Waals surface area contributed by atoms with Crippen molar-refractivity contribution in [1.29, 1.82) is 0 Å². The number of urea groups is 1. The number of rotatable bonds is 5. The van der Waals surface area contributed by atoms with Crippen LogP contribution in [0.5, 0.6) is 0 Å². The molecule has 138 valence electrons. The molecule has 0 saturated carbocycles. The predicted octanol–water partition coefficient (Wildman–Crippen LogP) is 5.93. The Morgan fingerprint density at radius 1 is 0.963 bits per heavy atom. The first-order valence-electron chi connectivity index (χ1n) is 8.96. The second-order valence-corrected chi connectivity index (χ2v) is 6.64. The first-order valence-corrected chi connectivity index (χ1v) is 8.96. The van der Waals surface area contributed by atoms with Gasteiger partial charge in [-0.05, 0) is 49.2 Å². The maximum Gasteiger partial charge on any atom is 0.322 e. The third-order valence-corrected chi connectivity index (χ3v) is 4.58. The van der Waals surface area contributed by atoms with E-state index >= 15 is 0 Å². The van der Waals surface area contributed by atoms with Crippen LogP contribution in [0.2, 0.25) is 0 Å². The Kier molecular flexibility index (Phi) is 5.87. The van der Waals surface area contributed by atoms with Crippen molar-refractivity contribution in [3.05, 3.63) is 101 Å². The number of benzene rings is 3. The van der Waals surface area contributed by atoms with E-state index in [1.807, 2.05) is 68.4 Å². The molecule has 0 aliphatic heterocycles. The molecular weight excluding hydrogens is 339 g/mol. The molecule has 0 saturated heterocycles. The topological polar surface area (TPSA) is 32.3 Å². The highest BCUT2D eigenvalue weighted by Crippen LogP contribution is 2.24. The van der Waals surface area contributed by atoms with Gasteiger partial charge in [-0.1, -0.05) is 60.2 Å². The van der Waals surface area contributed by atoms with E-state index in [0.29, 0.717) is 12.2 Å². The van der Waals surface area contributed by atoms with E-state index < -0.39 is 0 Å². The van der Waals surface area contributed by atoms with Crippen LogP contribution >= 0.6 is 0 Å². The van der Waals surface area contributed by atoms with Gasteiger partial charge in [-0.2, -0.15) is 0 Å². The standard InChI is InChI=1S/C23H23FN2O/c1-17-8-10-19(11-9-17)16-26(18(2)20-6-4-3-5-7-20)23(27)25-22-14-12-21(24)13-15-22/h3-15,18H,16H2,1-2H3,(H,25,27)/t18-/m1/s1. The van der Waals surface area contributed by atoms with Crippen molar-refractivity contribution < 1.29 is 9.18 Å². The number of carbonyl (C=O) groups is 1. The molecule has 3 aromatic carbocycles. The molecule has 0 aliphatic carbocycles. The van der Waals surface area contributed by atoms with Gasteiger partial charge in [-0.25, -0.2) is 9.18 Å². The average molecular weight is 362 g/mol. The maximum atomic E-state index is 13.1. The summed E-state index contributed by atoms with van der Waals surface area (Å²) >= 11 is 0. The molecule has 0 aliphatic rings. The summed E-state index contributed by atoms with van der Waals surface area (Å²) in [5, 5.41) is 2.87. The van der Waals surface area contributed by atoms with Crippen molar-refractivity contribution >= 4 is 11.7 Å². The van der Waals surface area contributed by atoms with Gasteiger partial charge in [-0.15, -0.1) is 0 Å². The molecule has 3 nitrogen and oxygen atoms in total. The van der Waals surface area contributed by atoms with Gasteiger partial charge >= 0.3 is 6.03 Å². The minimum atomic E-state index is -0.331. The molecule has 1 atom stereocenters. The highest BCUT2D eigenvalue weighted by Gasteiger charge is 2.22. The van der Waals surface area contributed by atoms with Crippen LogP contribution in [0.25, 0.3) is 0 Å². The monoisotopic (exact) mass is 362 g/mol. The van der Waals surface area contributed by atoms with Crippen LogP contribution in [-0.2, 0) is 6.54 Å². The largest absolute Gasteiger partial charge is 0.322 e. The van der Waals surface area contributed by atoms with Gasteiger partial charge in [0.1, 0.15) is 5.82 Å². The van der Waals surface area contributed by atoms with Gasteiger partial charge in [-0.3, -0.25) is 0 Å². The van der Waals surface area contributed by atoms with Crippen LogP contribution < -0.4 is 5.32 Å². The summed E-state index contributed by atoms with van der Waals surface area (Å²) in [5.41, 5.74) is 3.85. The molecule has 0 radical (unpaired) electrons. The van der Waals surface area contributed by atoms with E-state index in [-0.39, 0.29) is 17.9 Å². The molecule has 27 heavy (non-hydrogen) atoms. The van der Waals surface area contributed by atoms with Crippen molar-refractivity contribution in [1.82, 2.24) is 4.90 Å². The van der Waals surface area contributed by atoms with E-state index in [1.165, 1.54) is 17.7 Å². The molecule has 0 aromatic heterocycles. The quantitative estimate of drug-likeness (QED) is 0.599. The molecule has 2 amide bonds. The number of anilines is 1. The van der Waals surface area contributed by atoms with Gasteiger partial charge in [0.15, 0.2) is 0 Å². The normalized spacial score (nSPS) is 11.7. The summed E-state index contributed by atoms with van der Waals surface area (Å²) in [5.74, 6) is -0.331. The molecule has 3 rings (SSSR count). The number of nitrogens with zero attached hydrogens (tertiary/aromatic N) is 1. The fourth-order valence-corrected chi connectivity index (χ4v) is 2.91. The first-order chi connectivity index (χ1) is 13.0. The zero-order valence-electron chi connectivity index (χ0n) is 15.5. The molecule has 3 aromatic rings. The number of aryl methyl sites for hydroxylation is 1. The Bertz CT molecular complexity index is 877. The minimum absolute atomic E-state index is 0.118. The Labute approximate surface area is 159 Å². The number of carbonyl (C=O) groups excluding carboxylic acids is 1. The number of halogens is 1. The lowest BCUT2D eigenvalue weighted by atomic mass is 10.1. The average Bonchev–Trinajstić information content (AvgIpc) is 2.69. The van der Waals surface area contributed by atoms with Crippen LogP contribution in [-0.4, -0.2) is 10.9 Å². The van der Waals surface area contributed by atoms with Crippen LogP contribution in [0.15, 0.2) is 78.9 Å². The van der Waals surface area contributed by atoms with Gasteiger partial charge in [0.05, 0.1) is 6.04 Å². The van der Waals surface area contributed by atoms with Crippen molar-refractivity contribution in [2.45, 2.75) is 26.4 Å². The predicted molar refractivity (Wildman–Crippen MR) is 107 cm³/mol. The second kappa shape index (κ2) is 8.49. The van der Waals surface area contributed by atoms with Gasteiger partial charge in [0.25, 0.3) is 0 Å². The number of amides is 2. The number of nitrogens with one attached hydrogen (secondary N) is 1. The smallest absolute Gasteiger partial charge is 0.313 e. The van der Waals surface area contributed by atoms with E-state index in [0.717, 1.165) is 11.1 Å². The summed E-state index contributed by atoms with van der Waals surface area (Å²) < 4.78 is 13.1. The van der Waals surface area contributed by atoms with E-state index in [2.05, 4.69) is 5.32 Å². The SMILES string of the molecule is Cc1ccc(CN(C(=O)Nc2ccc(F)cc2)[C@H](C)c2ccccc2)cc1. The van der Waals surface area contributed by atoms with Crippen LogP contribution in [0.4, 0.5) is 14.9 Å². The van der Waals surface area contributed by atoms with E-state index in [4.69, 9.17) is 0 Å². The summed E-state index contributed by atoms with van der Waals surface area (Å²) in [7, 11) is 0. The second-order valence-electron chi connectivity index (χ2n) is 6.64. The van der Waals surface area contributed by atoms with Crippen molar-refractivity contribution in [3.63, 3.8) is 0 Å². The minimum Gasteiger partial charge on any atom is -0.313 e. The van der Waals surface area contributed by atoms with Crippen LogP contribution in [0, 0.1) is 12.7 Å². The zero-order chi connectivity index (χ0) is 19.2. The highest BCUT2D eigenvalue weighted by molar-refractivity contribution is 5.89. The summed E-state index contributed by atoms with van der Waals surface area (Å²) in [6, 6.07) is 23.5.